The molecule has 5 heteroatoms. The van der Waals surface area contributed by atoms with E-state index in [1.165, 1.54) is 11.6 Å². The number of rotatable bonds is 2. The molecule has 1 aromatic heterocycles. The van der Waals surface area contributed by atoms with Gasteiger partial charge < -0.3 is 4.74 Å². The van der Waals surface area contributed by atoms with Crippen LogP contribution < -0.4 is 4.74 Å². The van der Waals surface area contributed by atoms with Gasteiger partial charge in [0.15, 0.2) is 5.78 Å². The summed E-state index contributed by atoms with van der Waals surface area (Å²) in [5, 5.41) is 4.44. The lowest BCUT2D eigenvalue weighted by Crippen LogP contribution is -2.29. The SMILES string of the molecule is COc1ccc(-c2nn(C(C)=O)c3c2C(=O)CC(C)(C)C3)cc1. The molecule has 0 bridgehead atoms. The van der Waals surface area contributed by atoms with Crippen LogP contribution >= 0.6 is 0 Å². The van der Waals surface area contributed by atoms with Crippen molar-refractivity contribution < 1.29 is 14.3 Å². The van der Waals surface area contributed by atoms with E-state index in [0.29, 0.717) is 24.1 Å². The van der Waals surface area contributed by atoms with Crippen LogP contribution in [-0.2, 0) is 6.42 Å². The highest BCUT2D eigenvalue weighted by atomic mass is 16.5. The van der Waals surface area contributed by atoms with Gasteiger partial charge in [-0.1, -0.05) is 13.8 Å². The smallest absolute Gasteiger partial charge is 0.244 e. The van der Waals surface area contributed by atoms with Gasteiger partial charge in [0, 0.05) is 18.9 Å². The largest absolute Gasteiger partial charge is 0.497 e. The molecule has 0 unspecified atom stereocenters. The van der Waals surface area contributed by atoms with Gasteiger partial charge in [-0.05, 0) is 36.1 Å². The first kappa shape index (κ1) is 15.5. The number of nitrogens with zero attached hydrogens (tertiary/aromatic N) is 2. The molecule has 2 aromatic rings. The predicted molar refractivity (Wildman–Crippen MR) is 86.9 cm³/mol. The average Bonchev–Trinajstić information content (AvgIpc) is 2.85. The standard InChI is InChI=1S/C18H20N2O3/c1-11(21)20-14-9-18(2,3)10-15(22)16(14)17(19-20)12-5-7-13(23-4)8-6-12/h5-8H,9-10H2,1-4H3. The van der Waals surface area contributed by atoms with E-state index in [2.05, 4.69) is 5.10 Å². The Morgan fingerprint density at radius 2 is 1.87 bits per heavy atom. The molecule has 0 saturated carbocycles. The van der Waals surface area contributed by atoms with E-state index in [-0.39, 0.29) is 17.1 Å². The number of benzene rings is 1. The Labute approximate surface area is 135 Å². The van der Waals surface area contributed by atoms with Gasteiger partial charge in [-0.15, -0.1) is 0 Å². The molecule has 0 N–H and O–H groups in total. The van der Waals surface area contributed by atoms with E-state index in [4.69, 9.17) is 4.74 Å². The minimum absolute atomic E-state index is 0.0505. The molecule has 0 atom stereocenters. The van der Waals surface area contributed by atoms with Crippen molar-refractivity contribution in [3.8, 4) is 17.0 Å². The second-order valence-electron chi connectivity index (χ2n) is 6.77. The maximum Gasteiger partial charge on any atom is 0.244 e. The van der Waals surface area contributed by atoms with Gasteiger partial charge in [0.2, 0.25) is 5.91 Å². The third-order valence-electron chi connectivity index (χ3n) is 4.21. The van der Waals surface area contributed by atoms with E-state index >= 15 is 0 Å². The third-order valence-corrected chi connectivity index (χ3v) is 4.21. The molecule has 120 valence electrons. The van der Waals surface area contributed by atoms with Crippen LogP contribution in [0.4, 0.5) is 0 Å². The Kier molecular flexibility index (Phi) is 3.59. The van der Waals surface area contributed by atoms with E-state index in [0.717, 1.165) is 17.0 Å². The molecular weight excluding hydrogens is 292 g/mol. The number of Topliss-reactive ketones (excluding diaryl/α,β-unsaturated/α-hetero) is 1. The zero-order chi connectivity index (χ0) is 16.8. The predicted octanol–water partition coefficient (Wildman–Crippen LogP) is 3.37. The number of aromatic nitrogens is 2. The van der Waals surface area contributed by atoms with Crippen molar-refractivity contribution in [1.82, 2.24) is 9.78 Å². The van der Waals surface area contributed by atoms with Crippen molar-refractivity contribution in [3.63, 3.8) is 0 Å². The summed E-state index contributed by atoms with van der Waals surface area (Å²) in [6.45, 7) is 5.55. The van der Waals surface area contributed by atoms with E-state index in [9.17, 15) is 9.59 Å². The molecule has 1 aliphatic rings. The van der Waals surface area contributed by atoms with Crippen LogP contribution in [0.25, 0.3) is 11.3 Å². The Hall–Kier alpha value is -2.43. The molecule has 0 spiro atoms. The minimum Gasteiger partial charge on any atom is -0.497 e. The van der Waals surface area contributed by atoms with Crippen molar-refractivity contribution in [1.29, 1.82) is 0 Å². The number of carbonyl (C=O) groups excluding carboxylic acids is 2. The van der Waals surface area contributed by atoms with Crippen molar-refractivity contribution in [2.45, 2.75) is 33.6 Å². The normalized spacial score (nSPS) is 16.1. The first-order valence-electron chi connectivity index (χ1n) is 7.63. The Bertz CT molecular complexity index is 785. The molecule has 1 aliphatic carbocycles. The Morgan fingerprint density at radius 3 is 2.43 bits per heavy atom. The lowest BCUT2D eigenvalue weighted by molar-refractivity contribution is 0.0895. The Balaban J connectivity index is 2.19. The molecule has 1 heterocycles. The number of fused-ring (bicyclic) bond motifs is 1. The molecular formula is C18H20N2O3. The highest BCUT2D eigenvalue weighted by Gasteiger charge is 2.37. The topological polar surface area (TPSA) is 61.2 Å². The molecule has 0 amide bonds. The summed E-state index contributed by atoms with van der Waals surface area (Å²) in [6.07, 6.45) is 1.13. The van der Waals surface area contributed by atoms with E-state index in [1.807, 2.05) is 38.1 Å². The fourth-order valence-electron chi connectivity index (χ4n) is 3.16. The highest BCUT2D eigenvalue weighted by Crippen LogP contribution is 2.39. The highest BCUT2D eigenvalue weighted by molar-refractivity contribution is 6.04. The lowest BCUT2D eigenvalue weighted by Gasteiger charge is -2.28. The van der Waals surface area contributed by atoms with Gasteiger partial charge in [0.05, 0.1) is 18.4 Å². The minimum atomic E-state index is -0.175. The molecule has 0 saturated heterocycles. The summed E-state index contributed by atoms with van der Waals surface area (Å²) in [4.78, 5) is 24.6. The number of ketones is 1. The van der Waals surface area contributed by atoms with E-state index < -0.39 is 0 Å². The van der Waals surface area contributed by atoms with Crippen molar-refractivity contribution >= 4 is 11.7 Å². The van der Waals surface area contributed by atoms with Gasteiger partial charge in [-0.3, -0.25) is 9.59 Å². The van der Waals surface area contributed by atoms with Crippen LogP contribution in [0.5, 0.6) is 5.75 Å². The zero-order valence-corrected chi connectivity index (χ0v) is 13.8. The lowest BCUT2D eigenvalue weighted by atomic mass is 9.75. The number of hydrogen-bond donors (Lipinski definition) is 0. The molecule has 0 radical (unpaired) electrons. The van der Waals surface area contributed by atoms with Crippen LogP contribution in [0.2, 0.25) is 0 Å². The summed E-state index contributed by atoms with van der Waals surface area (Å²) >= 11 is 0. The fraction of sp³-hybridized carbons (Fsp3) is 0.389. The number of ether oxygens (including phenoxy) is 1. The van der Waals surface area contributed by atoms with Gasteiger partial charge >= 0.3 is 0 Å². The maximum absolute atomic E-state index is 12.7. The van der Waals surface area contributed by atoms with Gasteiger partial charge in [0.25, 0.3) is 0 Å². The van der Waals surface area contributed by atoms with Gasteiger partial charge in [-0.25, -0.2) is 4.68 Å². The third kappa shape index (κ3) is 2.67. The number of hydrogen-bond acceptors (Lipinski definition) is 4. The van der Waals surface area contributed by atoms with Crippen LogP contribution in [0.3, 0.4) is 0 Å². The van der Waals surface area contributed by atoms with E-state index in [1.54, 1.807) is 7.11 Å². The first-order valence-corrected chi connectivity index (χ1v) is 7.63. The second-order valence-corrected chi connectivity index (χ2v) is 6.77. The second kappa shape index (κ2) is 5.33. The maximum atomic E-state index is 12.7. The molecule has 5 nitrogen and oxygen atoms in total. The van der Waals surface area contributed by atoms with Crippen LogP contribution in [0.1, 0.15) is 48.0 Å². The molecule has 0 aliphatic heterocycles. The number of methoxy groups -OCH3 is 1. The van der Waals surface area contributed by atoms with Crippen LogP contribution in [-0.4, -0.2) is 28.6 Å². The molecule has 0 fully saturated rings. The Morgan fingerprint density at radius 1 is 1.22 bits per heavy atom. The summed E-state index contributed by atoms with van der Waals surface area (Å²) in [7, 11) is 1.60. The fourth-order valence-corrected chi connectivity index (χ4v) is 3.16. The monoisotopic (exact) mass is 312 g/mol. The summed E-state index contributed by atoms with van der Waals surface area (Å²) in [5.41, 5.74) is 2.55. The molecule has 3 rings (SSSR count). The van der Waals surface area contributed by atoms with Crippen LogP contribution in [0, 0.1) is 5.41 Å². The zero-order valence-electron chi connectivity index (χ0n) is 13.8. The van der Waals surface area contributed by atoms with Gasteiger partial charge in [0.1, 0.15) is 11.4 Å². The first-order chi connectivity index (χ1) is 10.8. The number of carbonyl (C=O) groups is 2. The van der Waals surface area contributed by atoms with Crippen LogP contribution in [0.15, 0.2) is 24.3 Å². The quantitative estimate of drug-likeness (QED) is 0.853. The van der Waals surface area contributed by atoms with Crippen molar-refractivity contribution in [3.05, 3.63) is 35.5 Å². The van der Waals surface area contributed by atoms with Crippen molar-refractivity contribution in [2.75, 3.05) is 7.11 Å². The molecule has 23 heavy (non-hydrogen) atoms. The summed E-state index contributed by atoms with van der Waals surface area (Å²) < 4.78 is 6.55. The molecule has 1 aromatic carbocycles. The van der Waals surface area contributed by atoms with Gasteiger partial charge in [-0.2, -0.15) is 5.10 Å². The average molecular weight is 312 g/mol. The summed E-state index contributed by atoms with van der Waals surface area (Å²) in [6, 6.07) is 7.37. The summed E-state index contributed by atoms with van der Waals surface area (Å²) in [5.74, 6) is 0.613. The van der Waals surface area contributed by atoms with Crippen molar-refractivity contribution in [2.24, 2.45) is 5.41 Å².